The van der Waals surface area contributed by atoms with Crippen LogP contribution in [0.15, 0.2) is 28.4 Å². The maximum atomic E-state index is 5.44. The van der Waals surface area contributed by atoms with Crippen molar-refractivity contribution in [2.24, 2.45) is 5.73 Å². The summed E-state index contributed by atoms with van der Waals surface area (Å²) < 4.78 is 4.98. The van der Waals surface area contributed by atoms with Crippen molar-refractivity contribution in [2.75, 3.05) is 6.54 Å². The Kier molecular flexibility index (Phi) is 2.42. The Morgan fingerprint density at radius 2 is 2.46 bits per heavy atom. The minimum absolute atomic E-state index is 0.651. The second-order valence-corrected chi connectivity index (χ2v) is 3.62. The van der Waals surface area contributed by atoms with Crippen molar-refractivity contribution in [3.63, 3.8) is 0 Å². The van der Waals surface area contributed by atoms with E-state index in [1.807, 2.05) is 11.4 Å². The molecule has 0 aromatic carbocycles. The van der Waals surface area contributed by atoms with Gasteiger partial charge in [-0.05, 0) is 12.6 Å². The highest BCUT2D eigenvalue weighted by Gasteiger charge is 2.04. The summed E-state index contributed by atoms with van der Waals surface area (Å²) in [5, 5.41) is 3.11. The zero-order chi connectivity index (χ0) is 9.10. The third-order valence-corrected chi connectivity index (χ3v) is 2.64. The van der Waals surface area contributed by atoms with E-state index in [0.717, 1.165) is 22.7 Å². The predicted molar refractivity (Wildman–Crippen MR) is 52.6 cm³/mol. The van der Waals surface area contributed by atoms with Gasteiger partial charge < -0.3 is 10.2 Å². The molecule has 2 N–H and O–H groups in total. The summed E-state index contributed by atoms with van der Waals surface area (Å²) in [6, 6.07) is 1.90. The third kappa shape index (κ3) is 1.79. The molecule has 3 nitrogen and oxygen atoms in total. The zero-order valence-corrected chi connectivity index (χ0v) is 7.88. The minimum atomic E-state index is 0.651. The number of furan rings is 1. The summed E-state index contributed by atoms with van der Waals surface area (Å²) in [6.07, 6.45) is 4.20. The molecule has 0 fully saturated rings. The fourth-order valence-electron chi connectivity index (χ4n) is 1.09. The standard InChI is InChI=1S/C9H10N2OS/c10-3-1-9-11-8(6-13-9)7-2-4-12-5-7/h2,4-6H,1,3,10H2. The van der Waals surface area contributed by atoms with E-state index in [0.29, 0.717) is 6.54 Å². The van der Waals surface area contributed by atoms with Crippen molar-refractivity contribution < 1.29 is 4.42 Å². The highest BCUT2D eigenvalue weighted by molar-refractivity contribution is 7.09. The lowest BCUT2D eigenvalue weighted by molar-refractivity contribution is 0.568. The molecule has 4 heteroatoms. The molecule has 0 bridgehead atoms. The molecule has 2 aromatic heterocycles. The van der Waals surface area contributed by atoms with E-state index in [-0.39, 0.29) is 0 Å². The van der Waals surface area contributed by atoms with Gasteiger partial charge in [0.1, 0.15) is 0 Å². The van der Waals surface area contributed by atoms with Crippen LogP contribution >= 0.6 is 11.3 Å². The minimum Gasteiger partial charge on any atom is -0.472 e. The maximum Gasteiger partial charge on any atom is 0.0996 e. The van der Waals surface area contributed by atoms with Crippen LogP contribution in [0.1, 0.15) is 5.01 Å². The van der Waals surface area contributed by atoms with Crippen molar-refractivity contribution in [1.29, 1.82) is 0 Å². The van der Waals surface area contributed by atoms with Gasteiger partial charge in [0.15, 0.2) is 0 Å². The number of hydrogen-bond acceptors (Lipinski definition) is 4. The molecule has 0 amide bonds. The second-order valence-electron chi connectivity index (χ2n) is 2.68. The highest BCUT2D eigenvalue weighted by atomic mass is 32.1. The smallest absolute Gasteiger partial charge is 0.0996 e. The number of thiazole rings is 1. The first-order valence-corrected chi connectivity index (χ1v) is 4.95. The molecule has 0 saturated carbocycles. The lowest BCUT2D eigenvalue weighted by Crippen LogP contribution is -2.01. The SMILES string of the molecule is NCCc1nc(-c2ccoc2)cs1. The average molecular weight is 194 g/mol. The van der Waals surface area contributed by atoms with Crippen LogP contribution in [0.2, 0.25) is 0 Å². The number of nitrogens with two attached hydrogens (primary N) is 1. The molecule has 0 aliphatic carbocycles. The molecule has 0 radical (unpaired) electrons. The summed E-state index contributed by atoms with van der Waals surface area (Å²) in [5.74, 6) is 0. The Labute approximate surface area is 80.2 Å². The molecule has 0 atom stereocenters. The first kappa shape index (κ1) is 8.47. The van der Waals surface area contributed by atoms with E-state index < -0.39 is 0 Å². The van der Waals surface area contributed by atoms with E-state index in [9.17, 15) is 0 Å². The summed E-state index contributed by atoms with van der Waals surface area (Å²) in [4.78, 5) is 4.42. The maximum absolute atomic E-state index is 5.44. The largest absolute Gasteiger partial charge is 0.472 e. The van der Waals surface area contributed by atoms with Crippen LogP contribution in [-0.4, -0.2) is 11.5 Å². The number of hydrogen-bond donors (Lipinski definition) is 1. The Hall–Kier alpha value is -1.13. The lowest BCUT2D eigenvalue weighted by atomic mass is 10.3. The Morgan fingerprint density at radius 3 is 3.15 bits per heavy atom. The first-order valence-electron chi connectivity index (χ1n) is 4.07. The van der Waals surface area contributed by atoms with Crippen LogP contribution < -0.4 is 5.73 Å². The number of rotatable bonds is 3. The van der Waals surface area contributed by atoms with Gasteiger partial charge in [0.05, 0.1) is 23.2 Å². The molecule has 68 valence electrons. The summed E-state index contributed by atoms with van der Waals surface area (Å²) in [7, 11) is 0. The molecule has 2 heterocycles. The highest BCUT2D eigenvalue weighted by Crippen LogP contribution is 2.21. The van der Waals surface area contributed by atoms with Gasteiger partial charge in [-0.1, -0.05) is 0 Å². The fraction of sp³-hybridized carbons (Fsp3) is 0.222. The van der Waals surface area contributed by atoms with E-state index in [1.54, 1.807) is 23.9 Å². The van der Waals surface area contributed by atoms with Crippen LogP contribution in [0.3, 0.4) is 0 Å². The van der Waals surface area contributed by atoms with Crippen molar-refractivity contribution in [3.05, 3.63) is 29.0 Å². The van der Waals surface area contributed by atoms with Crippen molar-refractivity contribution in [1.82, 2.24) is 4.98 Å². The normalized spacial score (nSPS) is 10.5. The summed E-state index contributed by atoms with van der Waals surface area (Å²) in [6.45, 7) is 0.651. The molecule has 2 aromatic rings. The predicted octanol–water partition coefficient (Wildman–Crippen LogP) is 1.90. The van der Waals surface area contributed by atoms with Crippen molar-refractivity contribution in [3.8, 4) is 11.3 Å². The Bertz CT molecular complexity index is 367. The summed E-state index contributed by atoms with van der Waals surface area (Å²) in [5.41, 5.74) is 7.44. The van der Waals surface area contributed by atoms with Crippen molar-refractivity contribution in [2.45, 2.75) is 6.42 Å². The van der Waals surface area contributed by atoms with E-state index in [4.69, 9.17) is 10.2 Å². The van der Waals surface area contributed by atoms with Gasteiger partial charge in [-0.25, -0.2) is 4.98 Å². The zero-order valence-electron chi connectivity index (χ0n) is 7.06. The molecule has 0 aliphatic rings. The number of nitrogens with zero attached hydrogens (tertiary/aromatic N) is 1. The van der Waals surface area contributed by atoms with Crippen LogP contribution in [-0.2, 0) is 6.42 Å². The molecule has 13 heavy (non-hydrogen) atoms. The van der Waals surface area contributed by atoms with Gasteiger partial charge >= 0.3 is 0 Å². The van der Waals surface area contributed by atoms with Crippen LogP contribution in [0.4, 0.5) is 0 Å². The monoisotopic (exact) mass is 194 g/mol. The summed E-state index contributed by atoms with van der Waals surface area (Å²) >= 11 is 1.64. The molecule has 0 aliphatic heterocycles. The first-order chi connectivity index (χ1) is 6.40. The average Bonchev–Trinajstić information content (AvgIpc) is 2.70. The number of aromatic nitrogens is 1. The topological polar surface area (TPSA) is 52.0 Å². The quantitative estimate of drug-likeness (QED) is 0.812. The van der Waals surface area contributed by atoms with E-state index in [1.165, 1.54) is 0 Å². The van der Waals surface area contributed by atoms with Gasteiger partial charge in [-0.3, -0.25) is 0 Å². The van der Waals surface area contributed by atoms with Crippen molar-refractivity contribution >= 4 is 11.3 Å². The molecule has 0 spiro atoms. The van der Waals surface area contributed by atoms with Gasteiger partial charge in [-0.2, -0.15) is 0 Å². The molecule has 0 unspecified atom stereocenters. The molecule has 2 rings (SSSR count). The van der Waals surface area contributed by atoms with E-state index in [2.05, 4.69) is 4.98 Å². The Balaban J connectivity index is 2.23. The molecule has 0 saturated heterocycles. The van der Waals surface area contributed by atoms with Gasteiger partial charge in [0, 0.05) is 17.4 Å². The lowest BCUT2D eigenvalue weighted by Gasteiger charge is -1.88. The second kappa shape index (κ2) is 3.72. The van der Waals surface area contributed by atoms with Crippen LogP contribution in [0.25, 0.3) is 11.3 Å². The molecular weight excluding hydrogens is 184 g/mol. The fourth-order valence-corrected chi connectivity index (χ4v) is 1.92. The third-order valence-electron chi connectivity index (χ3n) is 1.73. The van der Waals surface area contributed by atoms with Gasteiger partial charge in [0.2, 0.25) is 0 Å². The van der Waals surface area contributed by atoms with Crippen LogP contribution in [0, 0.1) is 0 Å². The van der Waals surface area contributed by atoms with Gasteiger partial charge in [-0.15, -0.1) is 11.3 Å². The van der Waals surface area contributed by atoms with Gasteiger partial charge in [0.25, 0.3) is 0 Å². The van der Waals surface area contributed by atoms with E-state index >= 15 is 0 Å². The Morgan fingerprint density at radius 1 is 1.54 bits per heavy atom. The molecular formula is C9H10N2OS. The van der Waals surface area contributed by atoms with Crippen LogP contribution in [0.5, 0.6) is 0 Å².